The first kappa shape index (κ1) is 13.4. The first-order chi connectivity index (χ1) is 8.56. The van der Waals surface area contributed by atoms with Gasteiger partial charge in [0, 0.05) is 18.8 Å². The first-order valence-electron chi connectivity index (χ1n) is 7.09. The van der Waals surface area contributed by atoms with Gasteiger partial charge in [-0.2, -0.15) is 0 Å². The maximum atomic E-state index is 3.55. The molecule has 2 atom stereocenters. The Kier molecular flexibility index (Phi) is 4.28. The molecule has 2 unspecified atom stereocenters. The molecule has 1 N–H and O–H groups in total. The molecule has 0 bridgehead atoms. The zero-order valence-corrected chi connectivity index (χ0v) is 12.2. The third kappa shape index (κ3) is 3.26. The van der Waals surface area contributed by atoms with E-state index >= 15 is 0 Å². The highest BCUT2D eigenvalue weighted by Crippen LogP contribution is 2.21. The van der Waals surface area contributed by atoms with E-state index < -0.39 is 0 Å². The predicted octanol–water partition coefficient (Wildman–Crippen LogP) is 2.99. The van der Waals surface area contributed by atoms with Crippen LogP contribution >= 0.6 is 0 Å². The summed E-state index contributed by atoms with van der Waals surface area (Å²) in [5.41, 5.74) is 4.17. The Morgan fingerprint density at radius 2 is 1.61 bits per heavy atom. The van der Waals surface area contributed by atoms with Crippen molar-refractivity contribution in [2.24, 2.45) is 11.8 Å². The van der Waals surface area contributed by atoms with Crippen LogP contribution in [0.15, 0.2) is 18.2 Å². The van der Waals surface area contributed by atoms with Gasteiger partial charge in [-0.1, -0.05) is 19.9 Å². The number of hydrogen-bond acceptors (Lipinski definition) is 2. The van der Waals surface area contributed by atoms with Crippen molar-refractivity contribution in [1.82, 2.24) is 5.32 Å². The van der Waals surface area contributed by atoms with Crippen molar-refractivity contribution in [3.05, 3.63) is 29.3 Å². The number of anilines is 1. The average molecular weight is 246 g/mol. The smallest absolute Gasteiger partial charge is 0.0369 e. The van der Waals surface area contributed by atoms with Gasteiger partial charge in [0.1, 0.15) is 0 Å². The highest BCUT2D eigenvalue weighted by molar-refractivity contribution is 5.50. The summed E-state index contributed by atoms with van der Waals surface area (Å²) >= 11 is 0. The molecule has 1 aliphatic heterocycles. The summed E-state index contributed by atoms with van der Waals surface area (Å²) in [6, 6.07) is 6.86. The number of aryl methyl sites for hydroxylation is 2. The number of rotatable bonds is 1. The van der Waals surface area contributed by atoms with Crippen molar-refractivity contribution >= 4 is 5.69 Å². The van der Waals surface area contributed by atoms with Crippen LogP contribution in [0.25, 0.3) is 0 Å². The summed E-state index contributed by atoms with van der Waals surface area (Å²) in [6.07, 6.45) is 0. The van der Waals surface area contributed by atoms with Gasteiger partial charge in [-0.25, -0.2) is 0 Å². The van der Waals surface area contributed by atoms with Crippen LogP contribution in [0.1, 0.15) is 25.0 Å². The molecule has 0 aromatic heterocycles. The van der Waals surface area contributed by atoms with Crippen LogP contribution in [-0.4, -0.2) is 26.2 Å². The highest BCUT2D eigenvalue weighted by atomic mass is 15.1. The normalized spacial score (nSPS) is 25.7. The molecule has 0 saturated carbocycles. The van der Waals surface area contributed by atoms with Crippen molar-refractivity contribution < 1.29 is 0 Å². The lowest BCUT2D eigenvalue weighted by atomic mass is 10.0. The molecule has 0 spiro atoms. The van der Waals surface area contributed by atoms with Gasteiger partial charge in [-0.3, -0.25) is 0 Å². The fraction of sp³-hybridized carbons (Fsp3) is 0.625. The molecule has 1 heterocycles. The van der Waals surface area contributed by atoms with E-state index in [0.29, 0.717) is 11.8 Å². The van der Waals surface area contributed by atoms with Crippen molar-refractivity contribution in [2.45, 2.75) is 27.7 Å². The summed E-state index contributed by atoms with van der Waals surface area (Å²) in [7, 11) is 0. The summed E-state index contributed by atoms with van der Waals surface area (Å²) in [6.45, 7) is 13.6. The third-order valence-electron chi connectivity index (χ3n) is 3.91. The lowest BCUT2D eigenvalue weighted by Gasteiger charge is -2.33. The van der Waals surface area contributed by atoms with Gasteiger partial charge in [0.05, 0.1) is 0 Å². The van der Waals surface area contributed by atoms with Crippen LogP contribution < -0.4 is 10.2 Å². The van der Waals surface area contributed by atoms with Gasteiger partial charge in [-0.15, -0.1) is 0 Å². The van der Waals surface area contributed by atoms with Gasteiger partial charge in [0.2, 0.25) is 0 Å². The molecule has 0 amide bonds. The van der Waals surface area contributed by atoms with Crippen molar-refractivity contribution in [2.75, 3.05) is 31.1 Å². The Hall–Kier alpha value is -1.02. The maximum Gasteiger partial charge on any atom is 0.0369 e. The second-order valence-corrected chi connectivity index (χ2v) is 6.04. The first-order valence-corrected chi connectivity index (χ1v) is 7.09. The molecular formula is C16H26N2. The maximum absolute atomic E-state index is 3.55. The monoisotopic (exact) mass is 246 g/mol. The number of hydrogen-bond donors (Lipinski definition) is 1. The van der Waals surface area contributed by atoms with Crippen LogP contribution in [-0.2, 0) is 0 Å². The molecule has 0 aliphatic carbocycles. The van der Waals surface area contributed by atoms with E-state index in [2.05, 4.69) is 56.1 Å². The van der Waals surface area contributed by atoms with Crippen LogP contribution in [0, 0.1) is 25.7 Å². The van der Waals surface area contributed by atoms with E-state index in [-0.39, 0.29) is 0 Å². The Labute approximate surface area is 111 Å². The van der Waals surface area contributed by atoms with Gasteiger partial charge >= 0.3 is 0 Å². The van der Waals surface area contributed by atoms with Crippen LogP contribution in [0.4, 0.5) is 5.69 Å². The zero-order valence-electron chi connectivity index (χ0n) is 12.2. The Morgan fingerprint density at radius 1 is 1.00 bits per heavy atom. The lowest BCUT2D eigenvalue weighted by Crippen LogP contribution is -2.42. The molecule has 0 radical (unpaired) electrons. The standard InChI is InChI=1S/C16H26N2/c1-12-8-17-9-13(2)11-18(10-12)16-6-5-14(3)15(4)7-16/h5-7,12-13,17H,8-11H2,1-4H3. The topological polar surface area (TPSA) is 15.3 Å². The van der Waals surface area contributed by atoms with E-state index in [1.165, 1.54) is 16.8 Å². The zero-order chi connectivity index (χ0) is 13.1. The predicted molar refractivity (Wildman–Crippen MR) is 79.3 cm³/mol. The summed E-state index contributed by atoms with van der Waals surface area (Å²) in [5.74, 6) is 1.42. The third-order valence-corrected chi connectivity index (χ3v) is 3.91. The molecule has 1 fully saturated rings. The second-order valence-electron chi connectivity index (χ2n) is 6.04. The fourth-order valence-electron chi connectivity index (χ4n) is 2.67. The molecule has 100 valence electrons. The molecule has 2 rings (SSSR count). The van der Waals surface area contributed by atoms with Crippen molar-refractivity contribution in [3.8, 4) is 0 Å². The molecule has 1 saturated heterocycles. The summed E-state index contributed by atoms with van der Waals surface area (Å²) in [4.78, 5) is 2.56. The van der Waals surface area contributed by atoms with Gasteiger partial charge in [-0.05, 0) is 62.0 Å². The van der Waals surface area contributed by atoms with E-state index in [1.54, 1.807) is 0 Å². The van der Waals surface area contributed by atoms with Gasteiger partial charge in [0.15, 0.2) is 0 Å². The number of nitrogens with one attached hydrogen (secondary N) is 1. The Balaban J connectivity index is 2.19. The van der Waals surface area contributed by atoms with Crippen molar-refractivity contribution in [3.63, 3.8) is 0 Å². The van der Waals surface area contributed by atoms with Gasteiger partial charge in [0.25, 0.3) is 0 Å². The summed E-state index contributed by atoms with van der Waals surface area (Å²) in [5, 5.41) is 3.55. The molecule has 18 heavy (non-hydrogen) atoms. The lowest BCUT2D eigenvalue weighted by molar-refractivity contribution is 0.410. The van der Waals surface area contributed by atoms with Crippen LogP contribution in [0.5, 0.6) is 0 Å². The van der Waals surface area contributed by atoms with Crippen molar-refractivity contribution in [1.29, 1.82) is 0 Å². The van der Waals surface area contributed by atoms with Crippen LogP contribution in [0.3, 0.4) is 0 Å². The Bertz CT molecular complexity index is 388. The molecule has 2 heteroatoms. The highest BCUT2D eigenvalue weighted by Gasteiger charge is 2.17. The molecule has 1 aromatic carbocycles. The Morgan fingerprint density at radius 3 is 2.17 bits per heavy atom. The van der Waals surface area contributed by atoms with E-state index in [1.807, 2.05) is 0 Å². The van der Waals surface area contributed by atoms with E-state index in [0.717, 1.165) is 26.2 Å². The second kappa shape index (κ2) is 5.75. The minimum Gasteiger partial charge on any atom is -0.371 e. The largest absolute Gasteiger partial charge is 0.371 e. The van der Waals surface area contributed by atoms with Gasteiger partial charge < -0.3 is 10.2 Å². The number of nitrogens with zero attached hydrogens (tertiary/aromatic N) is 1. The van der Waals surface area contributed by atoms with E-state index in [4.69, 9.17) is 0 Å². The summed E-state index contributed by atoms with van der Waals surface area (Å²) < 4.78 is 0. The molecule has 2 nitrogen and oxygen atoms in total. The molecular weight excluding hydrogens is 220 g/mol. The minimum atomic E-state index is 0.708. The SMILES string of the molecule is Cc1ccc(N2CC(C)CNCC(C)C2)cc1C. The van der Waals surface area contributed by atoms with Crippen LogP contribution in [0.2, 0.25) is 0 Å². The van der Waals surface area contributed by atoms with E-state index in [9.17, 15) is 0 Å². The number of benzene rings is 1. The quantitative estimate of drug-likeness (QED) is 0.819. The minimum absolute atomic E-state index is 0.708. The fourth-order valence-corrected chi connectivity index (χ4v) is 2.67. The molecule has 1 aliphatic rings. The average Bonchev–Trinajstić information content (AvgIpc) is 2.29. The molecule has 1 aromatic rings.